The van der Waals surface area contributed by atoms with Gasteiger partial charge in [0, 0.05) is 18.4 Å². The lowest BCUT2D eigenvalue weighted by Gasteiger charge is -2.16. The van der Waals surface area contributed by atoms with Crippen molar-refractivity contribution in [2.75, 3.05) is 6.54 Å². The summed E-state index contributed by atoms with van der Waals surface area (Å²) in [4.78, 5) is 4.11. The summed E-state index contributed by atoms with van der Waals surface area (Å²) in [5, 5.41) is 3.51. The third-order valence-electron chi connectivity index (χ3n) is 2.65. The van der Waals surface area contributed by atoms with Crippen molar-refractivity contribution in [1.29, 1.82) is 0 Å². The van der Waals surface area contributed by atoms with Crippen LogP contribution in [0.2, 0.25) is 0 Å². The highest BCUT2D eigenvalue weighted by Crippen LogP contribution is 2.10. The van der Waals surface area contributed by atoms with Crippen molar-refractivity contribution in [1.82, 2.24) is 10.3 Å². The second-order valence-electron chi connectivity index (χ2n) is 3.93. The lowest BCUT2D eigenvalue weighted by molar-refractivity contribution is 0.460. The van der Waals surface area contributed by atoms with E-state index in [1.807, 2.05) is 18.5 Å². The zero-order chi connectivity index (χ0) is 10.4. The molecule has 1 aromatic heterocycles. The van der Waals surface area contributed by atoms with Gasteiger partial charge in [-0.1, -0.05) is 26.3 Å². The van der Waals surface area contributed by atoms with E-state index in [0.29, 0.717) is 6.04 Å². The summed E-state index contributed by atoms with van der Waals surface area (Å²) >= 11 is 0. The first-order chi connectivity index (χ1) is 6.74. The van der Waals surface area contributed by atoms with Gasteiger partial charge in [-0.15, -0.1) is 0 Å². The molecule has 1 aromatic rings. The van der Waals surface area contributed by atoms with Crippen LogP contribution < -0.4 is 5.32 Å². The van der Waals surface area contributed by atoms with Crippen molar-refractivity contribution in [3.63, 3.8) is 0 Å². The first-order valence-corrected chi connectivity index (χ1v) is 5.37. The van der Waals surface area contributed by atoms with Gasteiger partial charge in [-0.2, -0.15) is 0 Å². The molecule has 0 bridgehead atoms. The van der Waals surface area contributed by atoms with Crippen molar-refractivity contribution in [3.05, 3.63) is 30.1 Å². The van der Waals surface area contributed by atoms with Crippen molar-refractivity contribution < 1.29 is 0 Å². The summed E-state index contributed by atoms with van der Waals surface area (Å²) in [5.74, 6) is 0.745. The van der Waals surface area contributed by atoms with Crippen LogP contribution in [-0.4, -0.2) is 11.5 Å². The minimum Gasteiger partial charge on any atom is -0.310 e. The molecular weight excluding hydrogens is 172 g/mol. The smallest absolute Gasteiger partial charge is 0.0315 e. The number of pyridine rings is 1. The molecule has 0 aliphatic carbocycles. The van der Waals surface area contributed by atoms with E-state index < -0.39 is 0 Å². The maximum Gasteiger partial charge on any atom is 0.0315 e. The van der Waals surface area contributed by atoms with E-state index in [2.05, 4.69) is 37.1 Å². The highest BCUT2D eigenvalue weighted by molar-refractivity contribution is 5.12. The Morgan fingerprint density at radius 3 is 2.79 bits per heavy atom. The quantitative estimate of drug-likeness (QED) is 0.776. The first kappa shape index (κ1) is 11.2. The van der Waals surface area contributed by atoms with Gasteiger partial charge in [-0.05, 0) is 31.0 Å². The SMILES string of the molecule is CCC(C)CN[C@H](C)c1cccnc1. The van der Waals surface area contributed by atoms with Crippen molar-refractivity contribution in [3.8, 4) is 0 Å². The molecule has 0 aliphatic heterocycles. The number of hydrogen-bond acceptors (Lipinski definition) is 2. The van der Waals surface area contributed by atoms with Gasteiger partial charge in [0.2, 0.25) is 0 Å². The fourth-order valence-corrected chi connectivity index (χ4v) is 1.27. The van der Waals surface area contributed by atoms with Gasteiger partial charge in [0.1, 0.15) is 0 Å². The molecular formula is C12H20N2. The predicted octanol–water partition coefficient (Wildman–Crippen LogP) is 2.78. The molecule has 0 amide bonds. The van der Waals surface area contributed by atoms with E-state index in [0.717, 1.165) is 12.5 Å². The Morgan fingerprint density at radius 2 is 2.21 bits per heavy atom. The van der Waals surface area contributed by atoms with Crippen LogP contribution >= 0.6 is 0 Å². The summed E-state index contributed by atoms with van der Waals surface area (Å²) in [5.41, 5.74) is 1.26. The van der Waals surface area contributed by atoms with Crippen LogP contribution in [0, 0.1) is 5.92 Å². The van der Waals surface area contributed by atoms with Crippen LogP contribution in [0.25, 0.3) is 0 Å². The molecule has 1 N–H and O–H groups in total. The van der Waals surface area contributed by atoms with E-state index in [9.17, 15) is 0 Å². The van der Waals surface area contributed by atoms with E-state index in [1.54, 1.807) is 0 Å². The molecule has 1 heterocycles. The molecule has 2 nitrogen and oxygen atoms in total. The number of rotatable bonds is 5. The van der Waals surface area contributed by atoms with E-state index in [1.165, 1.54) is 12.0 Å². The van der Waals surface area contributed by atoms with Gasteiger partial charge in [0.25, 0.3) is 0 Å². The van der Waals surface area contributed by atoms with Crippen LogP contribution in [0.4, 0.5) is 0 Å². The number of nitrogens with zero attached hydrogens (tertiary/aromatic N) is 1. The number of aromatic nitrogens is 1. The Balaban J connectivity index is 2.39. The monoisotopic (exact) mass is 192 g/mol. The molecule has 78 valence electrons. The largest absolute Gasteiger partial charge is 0.310 e. The fourth-order valence-electron chi connectivity index (χ4n) is 1.27. The average Bonchev–Trinajstić information content (AvgIpc) is 2.26. The van der Waals surface area contributed by atoms with Crippen LogP contribution in [0.5, 0.6) is 0 Å². The summed E-state index contributed by atoms with van der Waals surface area (Å²) in [6.07, 6.45) is 4.96. The normalized spacial score (nSPS) is 15.1. The molecule has 14 heavy (non-hydrogen) atoms. The molecule has 0 fully saturated rings. The Labute approximate surface area is 86.8 Å². The topological polar surface area (TPSA) is 24.9 Å². The van der Waals surface area contributed by atoms with Crippen molar-refractivity contribution >= 4 is 0 Å². The van der Waals surface area contributed by atoms with Gasteiger partial charge in [0.05, 0.1) is 0 Å². The minimum atomic E-state index is 0.401. The average molecular weight is 192 g/mol. The van der Waals surface area contributed by atoms with Gasteiger partial charge in [-0.25, -0.2) is 0 Å². The molecule has 1 unspecified atom stereocenters. The Hall–Kier alpha value is -0.890. The molecule has 2 heteroatoms. The zero-order valence-electron chi connectivity index (χ0n) is 9.33. The molecule has 1 rings (SSSR count). The van der Waals surface area contributed by atoms with Gasteiger partial charge < -0.3 is 5.32 Å². The van der Waals surface area contributed by atoms with Crippen LogP contribution in [0.1, 0.15) is 38.8 Å². The molecule has 0 saturated heterocycles. The standard InChI is InChI=1S/C12H20N2/c1-4-10(2)8-14-11(3)12-6-5-7-13-9-12/h5-7,9-11,14H,4,8H2,1-3H3/t10?,11-/m1/s1. The fraction of sp³-hybridized carbons (Fsp3) is 0.583. The number of nitrogens with one attached hydrogen (secondary N) is 1. The Bertz CT molecular complexity index is 246. The van der Waals surface area contributed by atoms with Crippen LogP contribution in [-0.2, 0) is 0 Å². The van der Waals surface area contributed by atoms with Gasteiger partial charge >= 0.3 is 0 Å². The maximum absolute atomic E-state index is 4.11. The van der Waals surface area contributed by atoms with Gasteiger partial charge in [0.15, 0.2) is 0 Å². The Kier molecular flexibility index (Phi) is 4.60. The second-order valence-corrected chi connectivity index (χ2v) is 3.93. The first-order valence-electron chi connectivity index (χ1n) is 5.37. The lowest BCUT2D eigenvalue weighted by atomic mass is 10.1. The lowest BCUT2D eigenvalue weighted by Crippen LogP contribution is -2.24. The third-order valence-corrected chi connectivity index (χ3v) is 2.65. The van der Waals surface area contributed by atoms with Gasteiger partial charge in [-0.3, -0.25) is 4.98 Å². The van der Waals surface area contributed by atoms with Crippen molar-refractivity contribution in [2.45, 2.75) is 33.2 Å². The van der Waals surface area contributed by atoms with Crippen LogP contribution in [0.15, 0.2) is 24.5 Å². The summed E-state index contributed by atoms with van der Waals surface area (Å²) in [6.45, 7) is 7.75. The summed E-state index contributed by atoms with van der Waals surface area (Å²) in [6, 6.07) is 4.50. The zero-order valence-corrected chi connectivity index (χ0v) is 9.33. The highest BCUT2D eigenvalue weighted by atomic mass is 14.9. The predicted molar refractivity (Wildman–Crippen MR) is 60.1 cm³/mol. The maximum atomic E-state index is 4.11. The molecule has 2 atom stereocenters. The highest BCUT2D eigenvalue weighted by Gasteiger charge is 2.05. The Morgan fingerprint density at radius 1 is 1.43 bits per heavy atom. The van der Waals surface area contributed by atoms with E-state index in [-0.39, 0.29) is 0 Å². The molecule has 0 aromatic carbocycles. The van der Waals surface area contributed by atoms with Crippen molar-refractivity contribution in [2.24, 2.45) is 5.92 Å². The molecule has 0 radical (unpaired) electrons. The number of hydrogen-bond donors (Lipinski definition) is 1. The molecule has 0 aliphatic rings. The molecule has 0 saturated carbocycles. The third kappa shape index (κ3) is 3.46. The molecule has 0 spiro atoms. The summed E-state index contributed by atoms with van der Waals surface area (Å²) < 4.78 is 0. The van der Waals surface area contributed by atoms with E-state index in [4.69, 9.17) is 0 Å². The van der Waals surface area contributed by atoms with Crippen LogP contribution in [0.3, 0.4) is 0 Å². The summed E-state index contributed by atoms with van der Waals surface area (Å²) in [7, 11) is 0. The minimum absolute atomic E-state index is 0.401. The van der Waals surface area contributed by atoms with E-state index >= 15 is 0 Å². The second kappa shape index (κ2) is 5.76.